The average Bonchev–Trinajstić information content (AvgIpc) is 3.34. The average molecular weight is 309 g/mol. The lowest BCUT2D eigenvalue weighted by molar-refractivity contribution is 0.387. The zero-order valence-electron chi connectivity index (χ0n) is 15.2. The van der Waals surface area contributed by atoms with E-state index in [-0.39, 0.29) is 0 Å². The number of allylic oxidation sites excluding steroid dienone is 2. The van der Waals surface area contributed by atoms with Gasteiger partial charge in [-0.15, -0.1) is 0 Å². The van der Waals surface area contributed by atoms with E-state index in [4.69, 9.17) is 4.74 Å². The highest BCUT2D eigenvalue weighted by Crippen LogP contribution is 2.18. The first-order valence-corrected chi connectivity index (χ1v) is 10.2. The fraction of sp³-hybridized carbons (Fsp3) is 0.905. The van der Waals surface area contributed by atoms with Crippen LogP contribution in [0.25, 0.3) is 0 Å². The van der Waals surface area contributed by atoms with Crippen molar-refractivity contribution in [2.75, 3.05) is 6.61 Å². The molecule has 0 saturated carbocycles. The molecule has 1 aliphatic rings. The Morgan fingerprint density at radius 1 is 0.682 bits per heavy atom. The van der Waals surface area contributed by atoms with Crippen LogP contribution in [0.5, 0.6) is 0 Å². The van der Waals surface area contributed by atoms with Gasteiger partial charge in [-0.1, -0.05) is 89.7 Å². The van der Waals surface area contributed by atoms with E-state index in [1.54, 1.807) is 0 Å². The van der Waals surface area contributed by atoms with E-state index in [0.717, 1.165) is 6.61 Å². The molecule has 0 aromatic carbocycles. The minimum Gasteiger partial charge on any atom is -0.373 e. The summed E-state index contributed by atoms with van der Waals surface area (Å²) in [6.07, 6.45) is 27.8. The molecule has 130 valence electrons. The normalized spacial score (nSPS) is 17.4. The summed E-state index contributed by atoms with van der Waals surface area (Å²) in [5.41, 5.74) is 0. The highest BCUT2D eigenvalue weighted by molar-refractivity contribution is 4.81. The van der Waals surface area contributed by atoms with Crippen molar-refractivity contribution in [3.63, 3.8) is 0 Å². The molecule has 0 radical (unpaired) electrons. The van der Waals surface area contributed by atoms with Crippen molar-refractivity contribution in [1.29, 1.82) is 0 Å². The maximum atomic E-state index is 5.23. The van der Waals surface area contributed by atoms with Gasteiger partial charge >= 0.3 is 0 Å². The van der Waals surface area contributed by atoms with Crippen LogP contribution in [0.4, 0.5) is 0 Å². The van der Waals surface area contributed by atoms with E-state index in [2.05, 4.69) is 19.1 Å². The summed E-state index contributed by atoms with van der Waals surface area (Å²) in [4.78, 5) is 0. The molecule has 1 heterocycles. The quantitative estimate of drug-likeness (QED) is 0.157. The van der Waals surface area contributed by atoms with Crippen molar-refractivity contribution in [3.8, 4) is 0 Å². The van der Waals surface area contributed by atoms with Gasteiger partial charge in [-0.05, 0) is 32.1 Å². The lowest BCUT2D eigenvalue weighted by atomic mass is 10.1. The highest BCUT2D eigenvalue weighted by atomic mass is 16.6. The van der Waals surface area contributed by atoms with Crippen molar-refractivity contribution >= 4 is 0 Å². The van der Waals surface area contributed by atoms with E-state index in [1.807, 2.05) is 0 Å². The molecule has 0 aromatic rings. The molecule has 1 saturated heterocycles. The standard InChI is InChI=1S/C21H40O/c1-2-3-4-5-6-7-8-9-10-11-12-13-14-15-16-17-18-19-21-20-22-21/h9-10,21H,2-8,11-20H2,1H3/b10-9-. The monoisotopic (exact) mass is 308 g/mol. The molecule has 0 amide bonds. The SMILES string of the molecule is CCCCCCCC/C=C\CCCCCCCCCC1CO1. The summed E-state index contributed by atoms with van der Waals surface area (Å²) in [5.74, 6) is 0. The van der Waals surface area contributed by atoms with Gasteiger partial charge in [0.15, 0.2) is 0 Å². The second-order valence-corrected chi connectivity index (χ2v) is 7.04. The Kier molecular flexibility index (Phi) is 14.0. The summed E-state index contributed by atoms with van der Waals surface area (Å²) >= 11 is 0. The van der Waals surface area contributed by atoms with Gasteiger partial charge in [-0.25, -0.2) is 0 Å². The molecule has 1 aliphatic heterocycles. The van der Waals surface area contributed by atoms with Crippen LogP contribution in [0.15, 0.2) is 12.2 Å². The summed E-state index contributed by atoms with van der Waals surface area (Å²) in [6.45, 7) is 3.32. The van der Waals surface area contributed by atoms with Gasteiger partial charge < -0.3 is 4.74 Å². The van der Waals surface area contributed by atoms with Crippen LogP contribution in [0.1, 0.15) is 110 Å². The maximum Gasteiger partial charge on any atom is 0.0810 e. The van der Waals surface area contributed by atoms with Crippen molar-refractivity contribution in [3.05, 3.63) is 12.2 Å². The molecular formula is C21H40O. The first-order valence-electron chi connectivity index (χ1n) is 10.2. The molecule has 1 rings (SSSR count). The Balaban J connectivity index is 1.65. The first kappa shape index (κ1) is 19.7. The summed E-state index contributed by atoms with van der Waals surface area (Å²) in [5, 5.41) is 0. The van der Waals surface area contributed by atoms with E-state index in [0.29, 0.717) is 6.10 Å². The molecule has 22 heavy (non-hydrogen) atoms. The molecule has 0 spiro atoms. The number of rotatable bonds is 17. The number of hydrogen-bond donors (Lipinski definition) is 0. The Morgan fingerprint density at radius 3 is 1.64 bits per heavy atom. The van der Waals surface area contributed by atoms with E-state index in [9.17, 15) is 0 Å². The largest absolute Gasteiger partial charge is 0.373 e. The number of unbranched alkanes of at least 4 members (excludes halogenated alkanes) is 13. The maximum absolute atomic E-state index is 5.23. The van der Waals surface area contributed by atoms with Crippen molar-refractivity contribution in [2.24, 2.45) is 0 Å². The molecule has 0 bridgehead atoms. The third-order valence-electron chi connectivity index (χ3n) is 4.69. The van der Waals surface area contributed by atoms with Gasteiger partial charge in [-0.2, -0.15) is 0 Å². The molecule has 1 atom stereocenters. The predicted molar refractivity (Wildman–Crippen MR) is 98.4 cm³/mol. The van der Waals surface area contributed by atoms with Crippen LogP contribution in [0, 0.1) is 0 Å². The van der Waals surface area contributed by atoms with Crippen LogP contribution in [-0.2, 0) is 4.74 Å². The Morgan fingerprint density at radius 2 is 1.14 bits per heavy atom. The molecule has 1 unspecified atom stereocenters. The molecule has 0 aliphatic carbocycles. The summed E-state index contributed by atoms with van der Waals surface area (Å²) < 4.78 is 5.23. The van der Waals surface area contributed by atoms with Crippen LogP contribution in [0.2, 0.25) is 0 Å². The van der Waals surface area contributed by atoms with Crippen LogP contribution < -0.4 is 0 Å². The third-order valence-corrected chi connectivity index (χ3v) is 4.69. The van der Waals surface area contributed by atoms with Crippen LogP contribution >= 0.6 is 0 Å². The van der Waals surface area contributed by atoms with Crippen molar-refractivity contribution in [2.45, 2.75) is 116 Å². The molecule has 1 fully saturated rings. The number of epoxide rings is 1. The Hall–Kier alpha value is -0.300. The van der Waals surface area contributed by atoms with Gasteiger partial charge in [0.25, 0.3) is 0 Å². The second kappa shape index (κ2) is 15.6. The Labute approximate surface area is 139 Å². The second-order valence-electron chi connectivity index (χ2n) is 7.04. The summed E-state index contributed by atoms with van der Waals surface area (Å²) in [6, 6.07) is 0. The van der Waals surface area contributed by atoms with E-state index >= 15 is 0 Å². The molecule has 1 heteroatoms. The van der Waals surface area contributed by atoms with Crippen LogP contribution in [0.3, 0.4) is 0 Å². The van der Waals surface area contributed by atoms with Gasteiger partial charge in [0.1, 0.15) is 0 Å². The molecule has 0 aromatic heterocycles. The van der Waals surface area contributed by atoms with Gasteiger partial charge in [0.2, 0.25) is 0 Å². The molecular weight excluding hydrogens is 268 g/mol. The third kappa shape index (κ3) is 14.6. The van der Waals surface area contributed by atoms with E-state index in [1.165, 1.54) is 103 Å². The summed E-state index contributed by atoms with van der Waals surface area (Å²) in [7, 11) is 0. The van der Waals surface area contributed by atoms with Gasteiger partial charge in [0, 0.05) is 0 Å². The zero-order chi connectivity index (χ0) is 15.7. The Bertz CT molecular complexity index is 242. The lowest BCUT2D eigenvalue weighted by Gasteiger charge is -2.00. The topological polar surface area (TPSA) is 12.5 Å². The fourth-order valence-corrected chi connectivity index (χ4v) is 3.03. The van der Waals surface area contributed by atoms with Crippen molar-refractivity contribution < 1.29 is 4.74 Å². The zero-order valence-corrected chi connectivity index (χ0v) is 15.2. The minimum atomic E-state index is 0.642. The lowest BCUT2D eigenvalue weighted by Crippen LogP contribution is -1.86. The number of hydrogen-bond acceptors (Lipinski definition) is 1. The van der Waals surface area contributed by atoms with Crippen LogP contribution in [-0.4, -0.2) is 12.7 Å². The predicted octanol–water partition coefficient (Wildman–Crippen LogP) is 7.20. The first-order chi connectivity index (χ1) is 10.9. The molecule has 0 N–H and O–H groups in total. The van der Waals surface area contributed by atoms with Crippen molar-refractivity contribution in [1.82, 2.24) is 0 Å². The van der Waals surface area contributed by atoms with E-state index < -0.39 is 0 Å². The number of ether oxygens (including phenoxy) is 1. The smallest absolute Gasteiger partial charge is 0.0810 e. The highest BCUT2D eigenvalue weighted by Gasteiger charge is 2.20. The van der Waals surface area contributed by atoms with Gasteiger partial charge in [-0.3, -0.25) is 0 Å². The fourth-order valence-electron chi connectivity index (χ4n) is 3.03. The minimum absolute atomic E-state index is 0.642. The van der Waals surface area contributed by atoms with Gasteiger partial charge in [0.05, 0.1) is 12.7 Å². The molecule has 1 nitrogen and oxygen atoms in total.